The molecule has 2 aromatic carbocycles. The minimum atomic E-state index is -0.182. The van der Waals surface area contributed by atoms with E-state index in [1.54, 1.807) is 6.07 Å². The third kappa shape index (κ3) is 3.45. The largest absolute Gasteiger partial charge is 0.310 e. The van der Waals surface area contributed by atoms with Crippen LogP contribution < -0.4 is 5.32 Å². The normalized spacial score (nSPS) is 11.1. The van der Waals surface area contributed by atoms with Crippen LogP contribution in [0.5, 0.6) is 0 Å². The summed E-state index contributed by atoms with van der Waals surface area (Å²) in [6.07, 6.45) is 0. The van der Waals surface area contributed by atoms with E-state index in [0.29, 0.717) is 12.6 Å². The Kier molecular flexibility index (Phi) is 4.56. The van der Waals surface area contributed by atoms with Crippen molar-refractivity contribution in [1.82, 2.24) is 5.32 Å². The Morgan fingerprint density at radius 1 is 1.00 bits per heavy atom. The van der Waals surface area contributed by atoms with E-state index in [1.165, 1.54) is 17.2 Å². The smallest absolute Gasteiger partial charge is 0.123 e. The van der Waals surface area contributed by atoms with Crippen LogP contribution in [-0.2, 0) is 6.54 Å². The highest BCUT2D eigenvalue weighted by Crippen LogP contribution is 2.26. The lowest BCUT2D eigenvalue weighted by atomic mass is 9.96. The number of nitrogens with one attached hydrogen (secondary N) is 1. The molecule has 0 radical (unpaired) electrons. The van der Waals surface area contributed by atoms with Crippen molar-refractivity contribution in [3.63, 3.8) is 0 Å². The molecule has 0 fully saturated rings. The second-order valence-corrected chi connectivity index (χ2v) is 5.64. The van der Waals surface area contributed by atoms with Gasteiger partial charge in [0.15, 0.2) is 0 Å². The fourth-order valence-corrected chi connectivity index (χ4v) is 2.21. The zero-order chi connectivity index (χ0) is 14.7. The molecule has 106 valence electrons. The average molecular weight is 271 g/mol. The highest BCUT2D eigenvalue weighted by Gasteiger charge is 2.08. The monoisotopic (exact) mass is 271 g/mol. The molecule has 2 aromatic rings. The molecular formula is C18H22FN. The number of rotatable bonds is 4. The summed E-state index contributed by atoms with van der Waals surface area (Å²) in [5.74, 6) is -0.182. The predicted molar refractivity (Wildman–Crippen MR) is 83.3 cm³/mol. The maximum absolute atomic E-state index is 13.5. The van der Waals surface area contributed by atoms with Crippen molar-refractivity contribution in [1.29, 1.82) is 0 Å². The van der Waals surface area contributed by atoms with E-state index in [-0.39, 0.29) is 5.82 Å². The van der Waals surface area contributed by atoms with Crippen molar-refractivity contribution >= 4 is 0 Å². The molecule has 0 saturated carbocycles. The second-order valence-electron chi connectivity index (χ2n) is 5.64. The average Bonchev–Trinajstić information content (AvgIpc) is 2.40. The third-order valence-electron chi connectivity index (χ3n) is 3.59. The number of hydrogen-bond acceptors (Lipinski definition) is 1. The lowest BCUT2D eigenvalue weighted by molar-refractivity contribution is 0.582. The van der Waals surface area contributed by atoms with Crippen molar-refractivity contribution in [2.45, 2.75) is 40.3 Å². The van der Waals surface area contributed by atoms with E-state index in [4.69, 9.17) is 0 Å². The van der Waals surface area contributed by atoms with Gasteiger partial charge in [0.05, 0.1) is 0 Å². The van der Waals surface area contributed by atoms with Gasteiger partial charge in [0, 0.05) is 12.6 Å². The number of halogens is 1. The molecule has 1 nitrogen and oxygen atoms in total. The molecule has 0 aliphatic heterocycles. The molecule has 0 bridgehead atoms. The molecule has 0 heterocycles. The third-order valence-corrected chi connectivity index (χ3v) is 3.59. The quantitative estimate of drug-likeness (QED) is 0.856. The zero-order valence-electron chi connectivity index (χ0n) is 12.6. The number of hydrogen-bond donors (Lipinski definition) is 1. The Hall–Kier alpha value is -1.67. The molecule has 1 N–H and O–H groups in total. The van der Waals surface area contributed by atoms with Crippen LogP contribution in [0.3, 0.4) is 0 Å². The molecule has 0 spiro atoms. The van der Waals surface area contributed by atoms with Gasteiger partial charge in [-0.1, -0.05) is 38.1 Å². The van der Waals surface area contributed by atoms with Gasteiger partial charge in [-0.2, -0.15) is 0 Å². The van der Waals surface area contributed by atoms with Gasteiger partial charge in [-0.25, -0.2) is 4.39 Å². The van der Waals surface area contributed by atoms with Crippen LogP contribution >= 0.6 is 0 Å². The predicted octanol–water partition coefficient (Wildman–Crippen LogP) is 4.61. The molecule has 0 aliphatic rings. The minimum absolute atomic E-state index is 0.182. The molecule has 0 unspecified atom stereocenters. The van der Waals surface area contributed by atoms with Crippen molar-refractivity contribution in [2.75, 3.05) is 0 Å². The van der Waals surface area contributed by atoms with Gasteiger partial charge >= 0.3 is 0 Å². The van der Waals surface area contributed by atoms with E-state index in [2.05, 4.69) is 51.2 Å². The number of aryl methyl sites for hydroxylation is 2. The fourth-order valence-electron chi connectivity index (χ4n) is 2.21. The molecule has 0 aliphatic carbocycles. The molecule has 0 aromatic heterocycles. The Morgan fingerprint density at radius 2 is 1.75 bits per heavy atom. The van der Waals surface area contributed by atoms with Gasteiger partial charge < -0.3 is 5.32 Å². The lowest BCUT2D eigenvalue weighted by Crippen LogP contribution is -2.22. The summed E-state index contributed by atoms with van der Waals surface area (Å²) in [5.41, 5.74) is 5.78. The first-order valence-electron chi connectivity index (χ1n) is 7.07. The fraction of sp³-hybridized carbons (Fsp3) is 0.333. The van der Waals surface area contributed by atoms with Crippen LogP contribution in [0, 0.1) is 19.7 Å². The van der Waals surface area contributed by atoms with E-state index in [1.807, 2.05) is 6.07 Å². The Morgan fingerprint density at radius 3 is 2.40 bits per heavy atom. The van der Waals surface area contributed by atoms with Crippen molar-refractivity contribution in [3.8, 4) is 11.1 Å². The van der Waals surface area contributed by atoms with Crippen molar-refractivity contribution in [2.24, 2.45) is 0 Å². The summed E-state index contributed by atoms with van der Waals surface area (Å²) in [4.78, 5) is 0. The standard InChI is InChI=1S/C18H22FN/c1-12(2)20-11-16-10-17(19)7-8-18(16)15-6-5-13(3)14(4)9-15/h5-10,12,20H,11H2,1-4H3. The van der Waals surface area contributed by atoms with Gasteiger partial charge in [-0.05, 0) is 53.8 Å². The Bertz CT molecular complexity index is 602. The maximum atomic E-state index is 13.5. The van der Waals surface area contributed by atoms with Crippen LogP contribution in [0.25, 0.3) is 11.1 Å². The molecule has 2 rings (SSSR count). The van der Waals surface area contributed by atoms with Crippen molar-refractivity contribution < 1.29 is 4.39 Å². The first-order valence-corrected chi connectivity index (χ1v) is 7.07. The van der Waals surface area contributed by atoms with Crippen LogP contribution in [-0.4, -0.2) is 6.04 Å². The minimum Gasteiger partial charge on any atom is -0.310 e. The molecule has 2 heteroatoms. The van der Waals surface area contributed by atoms with Gasteiger partial charge in [0.2, 0.25) is 0 Å². The van der Waals surface area contributed by atoms with E-state index < -0.39 is 0 Å². The van der Waals surface area contributed by atoms with Gasteiger partial charge in [0.25, 0.3) is 0 Å². The van der Waals surface area contributed by atoms with E-state index in [9.17, 15) is 4.39 Å². The second kappa shape index (κ2) is 6.19. The van der Waals surface area contributed by atoms with Gasteiger partial charge in [0.1, 0.15) is 5.82 Å². The lowest BCUT2D eigenvalue weighted by Gasteiger charge is -2.14. The summed E-state index contributed by atoms with van der Waals surface area (Å²) in [6.45, 7) is 9.07. The molecule has 20 heavy (non-hydrogen) atoms. The summed E-state index contributed by atoms with van der Waals surface area (Å²) >= 11 is 0. The molecule has 0 amide bonds. The number of benzene rings is 2. The van der Waals surface area contributed by atoms with Crippen LogP contribution in [0.1, 0.15) is 30.5 Å². The Labute approximate surface area is 120 Å². The van der Waals surface area contributed by atoms with Crippen LogP contribution in [0.2, 0.25) is 0 Å². The first kappa shape index (κ1) is 14.7. The molecule has 0 atom stereocenters. The summed E-state index contributed by atoms with van der Waals surface area (Å²) in [6, 6.07) is 11.8. The van der Waals surface area contributed by atoms with Gasteiger partial charge in [-0.15, -0.1) is 0 Å². The molecule has 0 saturated heterocycles. The SMILES string of the molecule is Cc1ccc(-c2ccc(F)cc2CNC(C)C)cc1C. The summed E-state index contributed by atoms with van der Waals surface area (Å²) in [7, 11) is 0. The maximum Gasteiger partial charge on any atom is 0.123 e. The topological polar surface area (TPSA) is 12.0 Å². The van der Waals surface area contributed by atoms with Crippen molar-refractivity contribution in [3.05, 3.63) is 58.9 Å². The zero-order valence-corrected chi connectivity index (χ0v) is 12.6. The Balaban J connectivity index is 2.41. The van der Waals surface area contributed by atoms with E-state index >= 15 is 0 Å². The van der Waals surface area contributed by atoms with Crippen LogP contribution in [0.15, 0.2) is 36.4 Å². The molecular weight excluding hydrogens is 249 g/mol. The summed E-state index contributed by atoms with van der Waals surface area (Å²) in [5, 5.41) is 3.36. The van der Waals surface area contributed by atoms with E-state index in [0.717, 1.165) is 16.7 Å². The van der Waals surface area contributed by atoms with Gasteiger partial charge in [-0.3, -0.25) is 0 Å². The highest BCUT2D eigenvalue weighted by atomic mass is 19.1. The highest BCUT2D eigenvalue weighted by molar-refractivity contribution is 5.68. The van der Waals surface area contributed by atoms with Crippen LogP contribution in [0.4, 0.5) is 4.39 Å². The first-order chi connectivity index (χ1) is 9.47. The summed E-state index contributed by atoms with van der Waals surface area (Å²) < 4.78 is 13.5.